The average Bonchev–Trinajstić information content (AvgIpc) is 2.02. The van der Waals surface area contributed by atoms with Crippen LogP contribution in [0.25, 0.3) is 0 Å². The maximum atomic E-state index is 10.8. The van der Waals surface area contributed by atoms with Crippen molar-refractivity contribution in [1.29, 1.82) is 0 Å². The lowest BCUT2D eigenvalue weighted by atomic mass is 10.3. The molecule has 4 nitrogen and oxygen atoms in total. The molecule has 0 saturated heterocycles. The van der Waals surface area contributed by atoms with Gasteiger partial charge in [-0.25, -0.2) is 4.79 Å². The molecule has 0 atom stereocenters. The lowest BCUT2D eigenvalue weighted by Crippen LogP contribution is -2.23. The van der Waals surface area contributed by atoms with Crippen LogP contribution in [0.1, 0.15) is 27.2 Å². The van der Waals surface area contributed by atoms with Crippen molar-refractivity contribution in [3.8, 4) is 0 Å². The molecular weight excluding hydrogens is 184 g/mol. The molecule has 0 saturated carbocycles. The van der Waals surface area contributed by atoms with Gasteiger partial charge in [-0.05, 0) is 27.2 Å². The number of esters is 1. The quantitative estimate of drug-likeness (QED) is 0.305. The van der Waals surface area contributed by atoms with Crippen LogP contribution < -0.4 is 0 Å². The van der Waals surface area contributed by atoms with Gasteiger partial charge in [-0.2, -0.15) is 0 Å². The lowest BCUT2D eigenvalue weighted by Gasteiger charge is -2.17. The molecule has 0 heterocycles. The third-order valence-electron chi connectivity index (χ3n) is 1.28. The largest absolute Gasteiger partial charge is 0.463 e. The van der Waals surface area contributed by atoms with E-state index in [-0.39, 0.29) is 5.97 Å². The summed E-state index contributed by atoms with van der Waals surface area (Å²) in [6, 6.07) is 0. The van der Waals surface area contributed by atoms with Crippen LogP contribution in [0, 0.1) is 0 Å². The van der Waals surface area contributed by atoms with Crippen molar-refractivity contribution in [2.24, 2.45) is 0 Å². The minimum Gasteiger partial charge on any atom is -0.463 e. The maximum absolute atomic E-state index is 10.8. The van der Waals surface area contributed by atoms with Crippen LogP contribution in [-0.2, 0) is 14.3 Å². The normalized spacial score (nSPS) is 12.0. The van der Waals surface area contributed by atoms with Gasteiger partial charge >= 0.3 is 5.97 Å². The van der Waals surface area contributed by atoms with E-state index in [0.717, 1.165) is 0 Å². The number of ether oxygens (including phenoxy) is 2. The summed E-state index contributed by atoms with van der Waals surface area (Å²) in [5.41, 5.74) is 0. The number of rotatable bonds is 6. The number of carbonyl (C=O) groups is 1. The Kier molecular flexibility index (Phi) is 6.16. The summed E-state index contributed by atoms with van der Waals surface area (Å²) in [4.78, 5) is 10.8. The van der Waals surface area contributed by atoms with Crippen molar-refractivity contribution >= 4 is 5.97 Å². The molecule has 4 heteroatoms. The van der Waals surface area contributed by atoms with Crippen molar-refractivity contribution in [2.75, 3.05) is 13.2 Å². The highest BCUT2D eigenvalue weighted by Crippen LogP contribution is 2.03. The molecule has 82 valence electrons. The zero-order chi connectivity index (χ0) is 11.0. The molecule has 0 aliphatic rings. The van der Waals surface area contributed by atoms with Gasteiger partial charge in [0.25, 0.3) is 0 Å². The summed E-state index contributed by atoms with van der Waals surface area (Å²) < 4.78 is 9.70. The Morgan fingerprint density at radius 3 is 2.64 bits per heavy atom. The van der Waals surface area contributed by atoms with Gasteiger partial charge < -0.3 is 14.6 Å². The fourth-order valence-electron chi connectivity index (χ4n) is 0.747. The second kappa shape index (κ2) is 6.56. The maximum Gasteiger partial charge on any atom is 0.330 e. The smallest absolute Gasteiger partial charge is 0.330 e. The van der Waals surface area contributed by atoms with Crippen LogP contribution in [0.4, 0.5) is 0 Å². The van der Waals surface area contributed by atoms with Gasteiger partial charge in [-0.1, -0.05) is 6.08 Å². The van der Waals surface area contributed by atoms with Gasteiger partial charge in [0, 0.05) is 6.08 Å². The minimum absolute atomic E-state index is 0.351. The van der Waals surface area contributed by atoms with E-state index >= 15 is 0 Å². The Balaban J connectivity index is 3.49. The van der Waals surface area contributed by atoms with E-state index in [1.165, 1.54) is 6.08 Å². The molecule has 0 bridgehead atoms. The summed E-state index contributed by atoms with van der Waals surface area (Å²) in [6.07, 6.45) is 3.59. The molecule has 0 aromatic heterocycles. The van der Waals surface area contributed by atoms with E-state index in [0.29, 0.717) is 19.6 Å². The minimum atomic E-state index is -1.11. The standard InChI is InChI=1S/C10H18O4/c1-4-13-9(11)7-5-6-8-14-10(2,3)12/h5,7,12H,4,6,8H2,1-3H3/b7-5+. The van der Waals surface area contributed by atoms with Crippen molar-refractivity contribution < 1.29 is 19.4 Å². The third kappa shape index (κ3) is 9.22. The van der Waals surface area contributed by atoms with Crippen LogP contribution >= 0.6 is 0 Å². The van der Waals surface area contributed by atoms with Crippen LogP contribution in [0.15, 0.2) is 12.2 Å². The van der Waals surface area contributed by atoms with Crippen molar-refractivity contribution in [2.45, 2.75) is 33.0 Å². The molecule has 0 aromatic carbocycles. The Labute approximate surface area is 84.5 Å². The van der Waals surface area contributed by atoms with Gasteiger partial charge in [0.1, 0.15) is 0 Å². The Morgan fingerprint density at radius 1 is 1.50 bits per heavy atom. The molecule has 0 aliphatic carbocycles. The van der Waals surface area contributed by atoms with Crippen LogP contribution in [0.2, 0.25) is 0 Å². The molecule has 1 N–H and O–H groups in total. The fraction of sp³-hybridized carbons (Fsp3) is 0.700. The number of hydrogen-bond acceptors (Lipinski definition) is 4. The molecule has 0 fully saturated rings. The predicted octanol–water partition coefficient (Wildman–Crippen LogP) is 1.24. The SMILES string of the molecule is CCOC(=O)/C=C/CCOC(C)(C)O. The summed E-state index contributed by atoms with van der Waals surface area (Å²) in [5, 5.41) is 9.17. The summed E-state index contributed by atoms with van der Waals surface area (Å²) in [6.45, 7) is 5.62. The molecule has 0 radical (unpaired) electrons. The molecule has 0 spiro atoms. The van der Waals surface area contributed by atoms with E-state index in [1.54, 1.807) is 26.8 Å². The van der Waals surface area contributed by atoms with E-state index < -0.39 is 5.79 Å². The molecule has 0 aromatic rings. The Morgan fingerprint density at radius 2 is 2.14 bits per heavy atom. The van der Waals surface area contributed by atoms with Crippen LogP contribution in [0.5, 0.6) is 0 Å². The first kappa shape index (κ1) is 13.1. The van der Waals surface area contributed by atoms with E-state index in [4.69, 9.17) is 4.74 Å². The first-order chi connectivity index (χ1) is 6.45. The van der Waals surface area contributed by atoms with Gasteiger partial charge in [0.05, 0.1) is 13.2 Å². The summed E-state index contributed by atoms with van der Waals surface area (Å²) in [7, 11) is 0. The monoisotopic (exact) mass is 202 g/mol. The number of aliphatic hydroxyl groups is 1. The zero-order valence-electron chi connectivity index (χ0n) is 8.95. The zero-order valence-corrected chi connectivity index (χ0v) is 8.95. The number of carbonyl (C=O) groups excluding carboxylic acids is 1. The Bertz CT molecular complexity index is 191. The number of hydrogen-bond donors (Lipinski definition) is 1. The topological polar surface area (TPSA) is 55.8 Å². The lowest BCUT2D eigenvalue weighted by molar-refractivity contribution is -0.174. The van der Waals surface area contributed by atoms with E-state index in [2.05, 4.69) is 4.74 Å². The van der Waals surface area contributed by atoms with Gasteiger partial charge in [-0.3, -0.25) is 0 Å². The molecule has 0 aliphatic heterocycles. The predicted molar refractivity (Wildman–Crippen MR) is 52.6 cm³/mol. The van der Waals surface area contributed by atoms with E-state index in [9.17, 15) is 9.90 Å². The van der Waals surface area contributed by atoms with Crippen molar-refractivity contribution in [3.63, 3.8) is 0 Å². The van der Waals surface area contributed by atoms with Gasteiger partial charge in [0.2, 0.25) is 0 Å². The Hall–Kier alpha value is -0.870. The highest BCUT2D eigenvalue weighted by Gasteiger charge is 2.10. The van der Waals surface area contributed by atoms with Crippen molar-refractivity contribution in [3.05, 3.63) is 12.2 Å². The van der Waals surface area contributed by atoms with Gasteiger partial charge in [-0.15, -0.1) is 0 Å². The summed E-state index contributed by atoms with van der Waals surface area (Å²) in [5.74, 6) is -1.46. The van der Waals surface area contributed by atoms with Gasteiger partial charge in [0.15, 0.2) is 5.79 Å². The van der Waals surface area contributed by atoms with E-state index in [1.807, 2.05) is 0 Å². The summed E-state index contributed by atoms with van der Waals surface area (Å²) >= 11 is 0. The highest BCUT2D eigenvalue weighted by molar-refractivity contribution is 5.81. The molecule has 0 unspecified atom stereocenters. The molecule has 0 amide bonds. The second-order valence-electron chi connectivity index (χ2n) is 3.24. The second-order valence-corrected chi connectivity index (χ2v) is 3.24. The first-order valence-corrected chi connectivity index (χ1v) is 4.65. The van der Waals surface area contributed by atoms with Crippen LogP contribution in [0.3, 0.4) is 0 Å². The highest BCUT2D eigenvalue weighted by atomic mass is 16.6. The van der Waals surface area contributed by atoms with Crippen LogP contribution in [-0.4, -0.2) is 30.1 Å². The molecular formula is C10H18O4. The fourth-order valence-corrected chi connectivity index (χ4v) is 0.747. The molecule has 0 rings (SSSR count). The first-order valence-electron chi connectivity index (χ1n) is 4.65. The third-order valence-corrected chi connectivity index (χ3v) is 1.28. The molecule has 14 heavy (non-hydrogen) atoms. The van der Waals surface area contributed by atoms with Crippen molar-refractivity contribution in [1.82, 2.24) is 0 Å². The average molecular weight is 202 g/mol.